The lowest BCUT2D eigenvalue weighted by molar-refractivity contribution is -0.124. The van der Waals surface area contributed by atoms with E-state index in [1.165, 1.54) is 18.2 Å². The van der Waals surface area contributed by atoms with Crippen LogP contribution < -0.4 is 20.1 Å². The molecule has 1 atom stereocenters. The zero-order valence-corrected chi connectivity index (χ0v) is 25.0. The van der Waals surface area contributed by atoms with Crippen LogP contribution in [0, 0.1) is 0 Å². The van der Waals surface area contributed by atoms with Crippen LogP contribution in [0.5, 0.6) is 5.75 Å². The van der Waals surface area contributed by atoms with Gasteiger partial charge in [-0.2, -0.15) is 0 Å². The molecule has 2 amide bonds. The van der Waals surface area contributed by atoms with Gasteiger partial charge in [-0.3, -0.25) is 14.3 Å². The van der Waals surface area contributed by atoms with Crippen molar-refractivity contribution in [3.05, 3.63) is 101 Å². The van der Waals surface area contributed by atoms with E-state index in [-0.39, 0.29) is 39.1 Å². The molecular formula is C30H32ClN5O5S. The zero-order chi connectivity index (χ0) is 30.3. The number of carbonyl (C=O) groups is 2. The van der Waals surface area contributed by atoms with Crippen molar-refractivity contribution in [2.24, 2.45) is 0 Å². The Bertz CT molecular complexity index is 1640. The van der Waals surface area contributed by atoms with Gasteiger partial charge in [0.25, 0.3) is 15.9 Å². The van der Waals surface area contributed by atoms with Crippen molar-refractivity contribution in [2.45, 2.75) is 17.2 Å². The Labute approximate surface area is 250 Å². The van der Waals surface area contributed by atoms with Gasteiger partial charge in [-0.25, -0.2) is 13.4 Å². The first-order chi connectivity index (χ1) is 20.1. The molecule has 0 saturated carbocycles. The fraction of sp³-hybridized carbons (Fsp3) is 0.233. The number of nitrogens with zero attached hydrogens (tertiary/aromatic N) is 2. The molecule has 2 aromatic carbocycles. The Kier molecular flexibility index (Phi) is 9.87. The summed E-state index contributed by atoms with van der Waals surface area (Å²) in [7, 11) is 0.766. The Balaban J connectivity index is 1.43. The number of aromatic nitrogens is 1. The molecule has 1 aliphatic carbocycles. The van der Waals surface area contributed by atoms with Gasteiger partial charge in [-0.15, -0.1) is 0 Å². The number of anilines is 2. The lowest BCUT2D eigenvalue weighted by Gasteiger charge is -2.22. The van der Waals surface area contributed by atoms with Crippen molar-refractivity contribution in [3.63, 3.8) is 0 Å². The summed E-state index contributed by atoms with van der Waals surface area (Å²) in [4.78, 5) is 30.3. The van der Waals surface area contributed by atoms with Crippen LogP contribution in [0.4, 0.5) is 11.4 Å². The van der Waals surface area contributed by atoms with Crippen molar-refractivity contribution in [3.8, 4) is 5.75 Å². The van der Waals surface area contributed by atoms with Gasteiger partial charge in [-0.1, -0.05) is 42.0 Å². The number of hydrogen-bond acceptors (Lipinski definition) is 7. The Morgan fingerprint density at radius 3 is 2.60 bits per heavy atom. The van der Waals surface area contributed by atoms with Gasteiger partial charge in [0.15, 0.2) is 0 Å². The lowest BCUT2D eigenvalue weighted by Crippen LogP contribution is -2.29. The van der Waals surface area contributed by atoms with Crippen LogP contribution in [0.2, 0.25) is 5.02 Å². The van der Waals surface area contributed by atoms with Crippen LogP contribution >= 0.6 is 11.6 Å². The van der Waals surface area contributed by atoms with Gasteiger partial charge in [-0.05, 0) is 54.4 Å². The van der Waals surface area contributed by atoms with E-state index in [9.17, 15) is 18.0 Å². The van der Waals surface area contributed by atoms with E-state index in [0.29, 0.717) is 36.5 Å². The maximum absolute atomic E-state index is 13.5. The maximum atomic E-state index is 13.5. The third-order valence-electron chi connectivity index (χ3n) is 6.49. The molecule has 1 heterocycles. The molecule has 220 valence electrons. The van der Waals surface area contributed by atoms with E-state index in [4.69, 9.17) is 16.3 Å². The fourth-order valence-corrected chi connectivity index (χ4v) is 5.87. The molecule has 1 aliphatic rings. The van der Waals surface area contributed by atoms with Gasteiger partial charge in [0, 0.05) is 50.6 Å². The molecule has 0 fully saturated rings. The van der Waals surface area contributed by atoms with E-state index in [0.717, 1.165) is 5.56 Å². The minimum atomic E-state index is -4.04. The summed E-state index contributed by atoms with van der Waals surface area (Å²) in [6, 6.07) is 15.0. The van der Waals surface area contributed by atoms with Crippen molar-refractivity contribution >= 4 is 44.8 Å². The van der Waals surface area contributed by atoms with E-state index in [2.05, 4.69) is 20.3 Å². The summed E-state index contributed by atoms with van der Waals surface area (Å²) >= 11 is 6.01. The summed E-state index contributed by atoms with van der Waals surface area (Å²) in [6.45, 7) is 0.669. The number of hydrogen-bond donors (Lipinski definition) is 3. The van der Waals surface area contributed by atoms with Crippen molar-refractivity contribution in [1.82, 2.24) is 15.2 Å². The Morgan fingerprint density at radius 1 is 1.07 bits per heavy atom. The molecule has 0 bridgehead atoms. The molecule has 12 heteroatoms. The number of benzene rings is 2. The summed E-state index contributed by atoms with van der Waals surface area (Å²) in [5, 5.41) is 6.16. The number of rotatable bonds is 11. The molecule has 0 aliphatic heterocycles. The third kappa shape index (κ3) is 7.48. The van der Waals surface area contributed by atoms with E-state index < -0.39 is 10.0 Å². The number of halogens is 1. The standard InChI is InChI=1S/C30H32ClN5O5S/c1-36(2)30(38)22-8-4-7-20(17-22)21-12-13-26(41-3)27(18-21)42(39,40)35-24-10-5-9-23(19-24)32-15-16-34-29(37)28-25(31)11-6-14-33-28/h4-14,18-20,32,35H,15-17H2,1-3H3,(H,34,37). The monoisotopic (exact) mass is 609 g/mol. The predicted molar refractivity (Wildman–Crippen MR) is 164 cm³/mol. The normalized spacial score (nSPS) is 14.5. The van der Waals surface area contributed by atoms with E-state index in [1.807, 2.05) is 12.2 Å². The van der Waals surface area contributed by atoms with Crippen LogP contribution in [0.1, 0.15) is 28.4 Å². The highest BCUT2D eigenvalue weighted by Gasteiger charge is 2.25. The first-order valence-corrected chi connectivity index (χ1v) is 15.0. The van der Waals surface area contributed by atoms with Crippen LogP contribution in [-0.4, -0.2) is 64.4 Å². The van der Waals surface area contributed by atoms with E-state index >= 15 is 0 Å². The molecule has 1 unspecified atom stereocenters. The number of ether oxygens (including phenoxy) is 1. The maximum Gasteiger partial charge on any atom is 0.271 e. The predicted octanol–water partition coefficient (Wildman–Crippen LogP) is 4.44. The molecular weight excluding hydrogens is 578 g/mol. The highest BCUT2D eigenvalue weighted by Crippen LogP contribution is 2.34. The number of allylic oxidation sites excluding steroid dienone is 3. The second kappa shape index (κ2) is 13.5. The van der Waals surface area contributed by atoms with Crippen molar-refractivity contribution < 1.29 is 22.7 Å². The molecule has 42 heavy (non-hydrogen) atoms. The number of likely N-dealkylation sites (N-methyl/N-ethyl adjacent to an activating group) is 1. The molecule has 0 saturated heterocycles. The molecule has 4 rings (SSSR count). The lowest BCUT2D eigenvalue weighted by atomic mass is 9.88. The summed E-state index contributed by atoms with van der Waals surface area (Å²) in [6.07, 6.45) is 7.49. The molecule has 3 aromatic rings. The first-order valence-electron chi connectivity index (χ1n) is 13.1. The number of sulfonamides is 1. The summed E-state index contributed by atoms with van der Waals surface area (Å²) in [5.74, 6) is -0.444. The molecule has 0 radical (unpaired) electrons. The first kappa shape index (κ1) is 30.6. The zero-order valence-electron chi connectivity index (χ0n) is 23.4. The number of amides is 2. The van der Waals surface area contributed by atoms with Gasteiger partial charge in [0.2, 0.25) is 5.91 Å². The minimum Gasteiger partial charge on any atom is -0.495 e. The topological polar surface area (TPSA) is 130 Å². The summed E-state index contributed by atoms with van der Waals surface area (Å²) in [5.41, 5.74) is 2.53. The summed E-state index contributed by atoms with van der Waals surface area (Å²) < 4.78 is 35.1. The minimum absolute atomic E-state index is 0.0137. The molecule has 10 nitrogen and oxygen atoms in total. The van der Waals surface area contributed by atoms with Gasteiger partial charge >= 0.3 is 0 Å². The number of methoxy groups -OCH3 is 1. The second-order valence-electron chi connectivity index (χ2n) is 9.70. The number of carbonyl (C=O) groups excluding carboxylic acids is 2. The Morgan fingerprint density at radius 2 is 1.86 bits per heavy atom. The molecule has 3 N–H and O–H groups in total. The van der Waals surface area contributed by atoms with E-state index in [1.54, 1.807) is 74.8 Å². The van der Waals surface area contributed by atoms with Gasteiger partial charge < -0.3 is 20.3 Å². The smallest absolute Gasteiger partial charge is 0.271 e. The third-order valence-corrected chi connectivity index (χ3v) is 8.20. The fourth-order valence-electron chi connectivity index (χ4n) is 4.41. The van der Waals surface area contributed by atoms with Crippen LogP contribution in [0.25, 0.3) is 0 Å². The van der Waals surface area contributed by atoms with Gasteiger partial charge in [0.1, 0.15) is 16.3 Å². The van der Waals surface area contributed by atoms with Crippen molar-refractivity contribution in [1.29, 1.82) is 0 Å². The molecule has 0 spiro atoms. The highest BCUT2D eigenvalue weighted by molar-refractivity contribution is 7.92. The van der Waals surface area contributed by atoms with Crippen LogP contribution in [0.3, 0.4) is 0 Å². The number of pyridine rings is 1. The average molecular weight is 610 g/mol. The largest absolute Gasteiger partial charge is 0.495 e. The van der Waals surface area contributed by atoms with Crippen molar-refractivity contribution in [2.75, 3.05) is 44.3 Å². The van der Waals surface area contributed by atoms with Gasteiger partial charge in [0.05, 0.1) is 17.8 Å². The Hall–Kier alpha value is -4.35. The molecule has 1 aromatic heterocycles. The highest BCUT2D eigenvalue weighted by atomic mass is 35.5. The number of nitrogens with one attached hydrogen (secondary N) is 3. The van der Waals surface area contributed by atoms with Crippen LogP contribution in [0.15, 0.2) is 89.5 Å². The second-order valence-corrected chi connectivity index (χ2v) is 11.8. The average Bonchev–Trinajstić information content (AvgIpc) is 2.98. The SMILES string of the molecule is COc1ccc(C2C=CC=C(C(=O)N(C)C)C2)cc1S(=O)(=O)Nc1cccc(NCCNC(=O)c2ncccc2Cl)c1. The van der Waals surface area contributed by atoms with Crippen LogP contribution in [-0.2, 0) is 14.8 Å². The quantitative estimate of drug-likeness (QED) is 0.274.